The fraction of sp³-hybridized carbons (Fsp3) is 0.238. The second-order valence-corrected chi connectivity index (χ2v) is 6.02. The molecule has 0 saturated carbocycles. The number of nitrogens with zero attached hydrogens (tertiary/aromatic N) is 1. The molecule has 9 nitrogen and oxygen atoms in total. The highest BCUT2D eigenvalue weighted by molar-refractivity contribution is 5.98. The van der Waals surface area contributed by atoms with E-state index in [4.69, 9.17) is 14.2 Å². The quantitative estimate of drug-likeness (QED) is 0.288. The molecule has 0 aliphatic rings. The van der Waals surface area contributed by atoms with Crippen molar-refractivity contribution in [2.24, 2.45) is 0 Å². The summed E-state index contributed by atoms with van der Waals surface area (Å²) in [6.45, 7) is 3.67. The molecular weight excluding hydrogens is 392 g/mol. The summed E-state index contributed by atoms with van der Waals surface area (Å²) in [4.78, 5) is 34.7. The van der Waals surface area contributed by atoms with E-state index in [1.54, 1.807) is 24.3 Å². The van der Waals surface area contributed by atoms with E-state index < -0.39 is 22.9 Å². The number of nitrogens with one attached hydrogen (secondary N) is 1. The van der Waals surface area contributed by atoms with Crippen LogP contribution in [0.4, 0.5) is 11.4 Å². The van der Waals surface area contributed by atoms with E-state index in [9.17, 15) is 19.7 Å². The first kappa shape index (κ1) is 22.4. The topological polar surface area (TPSA) is 117 Å². The SMILES string of the molecule is CCOc1cc(/C=C/C(=O)O[C@H](C)C(=O)Nc2ccccc2[N+](=O)[O-])ccc1OC. The van der Waals surface area contributed by atoms with Crippen LogP contribution in [0, 0.1) is 10.1 Å². The van der Waals surface area contributed by atoms with Gasteiger partial charge in [-0.1, -0.05) is 18.2 Å². The van der Waals surface area contributed by atoms with Gasteiger partial charge in [0.1, 0.15) is 5.69 Å². The largest absolute Gasteiger partial charge is 0.493 e. The maximum absolute atomic E-state index is 12.2. The third-order valence-electron chi connectivity index (χ3n) is 3.92. The highest BCUT2D eigenvalue weighted by atomic mass is 16.6. The third-order valence-corrected chi connectivity index (χ3v) is 3.92. The third kappa shape index (κ3) is 6.06. The number of anilines is 1. The second-order valence-electron chi connectivity index (χ2n) is 6.02. The van der Waals surface area contributed by atoms with Crippen molar-refractivity contribution in [3.8, 4) is 11.5 Å². The first-order chi connectivity index (χ1) is 14.3. The number of hydrogen-bond acceptors (Lipinski definition) is 7. The van der Waals surface area contributed by atoms with Gasteiger partial charge in [-0.05, 0) is 43.7 Å². The summed E-state index contributed by atoms with van der Waals surface area (Å²) in [5.74, 6) is -0.326. The summed E-state index contributed by atoms with van der Waals surface area (Å²) in [6, 6.07) is 10.8. The van der Waals surface area contributed by atoms with Crippen molar-refractivity contribution >= 4 is 29.3 Å². The van der Waals surface area contributed by atoms with Crippen LogP contribution in [0.2, 0.25) is 0 Å². The van der Waals surface area contributed by atoms with Crippen molar-refractivity contribution < 1.29 is 28.7 Å². The number of nitro benzene ring substituents is 1. The molecular formula is C21H22N2O7. The molecule has 9 heteroatoms. The number of esters is 1. The molecule has 1 amide bonds. The lowest BCUT2D eigenvalue weighted by molar-refractivity contribution is -0.383. The number of para-hydroxylation sites is 2. The van der Waals surface area contributed by atoms with Crippen molar-refractivity contribution in [1.82, 2.24) is 0 Å². The Hall–Kier alpha value is -3.88. The zero-order chi connectivity index (χ0) is 22.1. The molecule has 0 bridgehead atoms. The van der Waals surface area contributed by atoms with Crippen LogP contribution in [-0.4, -0.2) is 36.6 Å². The molecule has 0 unspecified atom stereocenters. The number of hydrogen-bond donors (Lipinski definition) is 1. The first-order valence-corrected chi connectivity index (χ1v) is 9.09. The lowest BCUT2D eigenvalue weighted by Gasteiger charge is -2.12. The van der Waals surface area contributed by atoms with Crippen LogP contribution >= 0.6 is 0 Å². The molecule has 0 aliphatic heterocycles. The second kappa shape index (κ2) is 10.6. The smallest absolute Gasteiger partial charge is 0.331 e. The Balaban J connectivity index is 2.00. The highest BCUT2D eigenvalue weighted by Gasteiger charge is 2.20. The first-order valence-electron chi connectivity index (χ1n) is 9.09. The van der Waals surface area contributed by atoms with Crippen molar-refractivity contribution in [3.05, 3.63) is 64.2 Å². The number of methoxy groups -OCH3 is 1. The maximum Gasteiger partial charge on any atom is 0.331 e. The van der Waals surface area contributed by atoms with Gasteiger partial charge in [-0.2, -0.15) is 0 Å². The minimum atomic E-state index is -1.16. The van der Waals surface area contributed by atoms with Crippen LogP contribution in [-0.2, 0) is 14.3 Å². The average Bonchev–Trinajstić information content (AvgIpc) is 2.72. The summed E-state index contributed by atoms with van der Waals surface area (Å²) in [6.07, 6.45) is 1.53. The molecule has 2 rings (SSSR count). The number of rotatable bonds is 9. The predicted molar refractivity (Wildman–Crippen MR) is 110 cm³/mol. The monoisotopic (exact) mass is 414 g/mol. The summed E-state index contributed by atoms with van der Waals surface area (Å²) in [5, 5.41) is 13.4. The Kier molecular flexibility index (Phi) is 7.92. The number of carbonyl (C=O) groups excluding carboxylic acids is 2. The van der Waals surface area contributed by atoms with E-state index in [0.29, 0.717) is 23.7 Å². The number of ether oxygens (including phenoxy) is 3. The van der Waals surface area contributed by atoms with E-state index in [1.807, 2.05) is 6.92 Å². The van der Waals surface area contributed by atoms with Gasteiger partial charge in [0, 0.05) is 12.1 Å². The molecule has 0 spiro atoms. The van der Waals surface area contributed by atoms with Gasteiger partial charge in [0.15, 0.2) is 17.6 Å². The lowest BCUT2D eigenvalue weighted by atomic mass is 10.2. The molecule has 0 fully saturated rings. The molecule has 2 aromatic rings. The molecule has 1 atom stereocenters. The van der Waals surface area contributed by atoms with Gasteiger partial charge in [-0.25, -0.2) is 4.79 Å². The fourth-order valence-electron chi connectivity index (χ4n) is 2.47. The van der Waals surface area contributed by atoms with E-state index in [1.165, 1.54) is 44.4 Å². The van der Waals surface area contributed by atoms with Gasteiger partial charge in [0.25, 0.3) is 11.6 Å². The molecule has 0 saturated heterocycles. The van der Waals surface area contributed by atoms with Crippen LogP contribution < -0.4 is 14.8 Å². The summed E-state index contributed by atoms with van der Waals surface area (Å²) >= 11 is 0. The number of carbonyl (C=O) groups is 2. The zero-order valence-electron chi connectivity index (χ0n) is 16.8. The van der Waals surface area contributed by atoms with Crippen molar-refractivity contribution in [2.75, 3.05) is 19.0 Å². The normalized spacial score (nSPS) is 11.6. The predicted octanol–water partition coefficient (Wildman–Crippen LogP) is 3.59. The van der Waals surface area contributed by atoms with Gasteiger partial charge in [0.2, 0.25) is 0 Å². The fourth-order valence-corrected chi connectivity index (χ4v) is 2.47. The van der Waals surface area contributed by atoms with Crippen molar-refractivity contribution in [2.45, 2.75) is 20.0 Å². The molecule has 30 heavy (non-hydrogen) atoms. The Morgan fingerprint density at radius 2 is 1.93 bits per heavy atom. The van der Waals surface area contributed by atoms with Gasteiger partial charge in [-0.15, -0.1) is 0 Å². The van der Waals surface area contributed by atoms with Crippen LogP contribution in [0.25, 0.3) is 6.08 Å². The number of nitro groups is 1. The maximum atomic E-state index is 12.2. The molecule has 0 aromatic heterocycles. The molecule has 158 valence electrons. The molecule has 0 radical (unpaired) electrons. The van der Waals surface area contributed by atoms with E-state index in [2.05, 4.69) is 5.32 Å². The van der Waals surface area contributed by atoms with Crippen LogP contribution in [0.1, 0.15) is 19.4 Å². The van der Waals surface area contributed by atoms with Gasteiger partial charge in [0.05, 0.1) is 18.6 Å². The van der Waals surface area contributed by atoms with Crippen LogP contribution in [0.15, 0.2) is 48.5 Å². The Morgan fingerprint density at radius 1 is 1.20 bits per heavy atom. The van der Waals surface area contributed by atoms with Gasteiger partial charge < -0.3 is 19.5 Å². The Morgan fingerprint density at radius 3 is 2.60 bits per heavy atom. The van der Waals surface area contributed by atoms with Crippen molar-refractivity contribution in [3.63, 3.8) is 0 Å². The van der Waals surface area contributed by atoms with Gasteiger partial charge in [-0.3, -0.25) is 14.9 Å². The minimum Gasteiger partial charge on any atom is -0.493 e. The minimum absolute atomic E-state index is 0.0210. The average molecular weight is 414 g/mol. The lowest BCUT2D eigenvalue weighted by Crippen LogP contribution is -2.29. The Labute approximate surface area is 173 Å². The highest BCUT2D eigenvalue weighted by Crippen LogP contribution is 2.28. The zero-order valence-corrected chi connectivity index (χ0v) is 16.8. The van der Waals surface area contributed by atoms with E-state index >= 15 is 0 Å². The summed E-state index contributed by atoms with van der Waals surface area (Å²) in [5.41, 5.74) is 0.440. The van der Waals surface area contributed by atoms with Crippen LogP contribution in [0.5, 0.6) is 11.5 Å². The number of amides is 1. The van der Waals surface area contributed by atoms with Crippen molar-refractivity contribution in [1.29, 1.82) is 0 Å². The Bertz CT molecular complexity index is 956. The molecule has 1 N–H and O–H groups in total. The summed E-state index contributed by atoms with van der Waals surface area (Å²) < 4.78 is 15.7. The summed E-state index contributed by atoms with van der Waals surface area (Å²) in [7, 11) is 1.53. The molecule has 2 aromatic carbocycles. The van der Waals surface area contributed by atoms with Gasteiger partial charge >= 0.3 is 5.97 Å². The molecule has 0 aliphatic carbocycles. The number of benzene rings is 2. The van der Waals surface area contributed by atoms with Crippen LogP contribution in [0.3, 0.4) is 0 Å². The van der Waals surface area contributed by atoms with E-state index in [0.717, 1.165) is 0 Å². The molecule has 0 heterocycles. The van der Waals surface area contributed by atoms with E-state index in [-0.39, 0.29) is 11.4 Å². The standard InChI is InChI=1S/C21H22N2O7/c1-4-29-19-13-15(9-11-18(19)28-3)10-12-20(24)30-14(2)21(25)22-16-7-5-6-8-17(16)23(26)27/h5-14H,4H2,1-3H3,(H,22,25)/b12-10+/t14-/m1/s1.